The lowest BCUT2D eigenvalue weighted by atomic mass is 10.3. The van der Waals surface area contributed by atoms with Crippen molar-refractivity contribution in [1.82, 2.24) is 4.90 Å². The number of carbonyl (C=O) groups is 3. The second kappa shape index (κ2) is 2.90. The summed E-state index contributed by atoms with van der Waals surface area (Å²) in [5.74, 6) is -2.34. The molecule has 0 saturated carbocycles. The molecule has 2 amide bonds. The van der Waals surface area contributed by atoms with E-state index < -0.39 is 30.4 Å². The summed E-state index contributed by atoms with van der Waals surface area (Å²) < 4.78 is 0. The zero-order valence-corrected chi connectivity index (χ0v) is 6.19. The van der Waals surface area contributed by atoms with Crippen molar-refractivity contribution in [3.05, 3.63) is 0 Å². The van der Waals surface area contributed by atoms with Gasteiger partial charge in [-0.05, 0) is 0 Å². The summed E-state index contributed by atoms with van der Waals surface area (Å²) in [5.41, 5.74) is 5.23. The number of rotatable bonds is 2. The number of nitrogens with two attached hydrogens (primary N) is 1. The molecule has 0 aromatic heterocycles. The summed E-state index contributed by atoms with van der Waals surface area (Å²) >= 11 is 0. The van der Waals surface area contributed by atoms with E-state index in [1.165, 1.54) is 0 Å². The Morgan fingerprint density at radius 1 is 1.67 bits per heavy atom. The number of hydrogen-bond acceptors (Lipinski definition) is 4. The van der Waals surface area contributed by atoms with E-state index in [4.69, 9.17) is 10.8 Å². The fourth-order valence-electron chi connectivity index (χ4n) is 1.01. The van der Waals surface area contributed by atoms with Crippen LogP contribution in [0.15, 0.2) is 0 Å². The zero-order chi connectivity index (χ0) is 9.30. The number of carbonyl (C=O) groups excluding carboxylic acids is 2. The molecule has 12 heavy (non-hydrogen) atoms. The number of hydrogen-bond donors (Lipinski definition) is 2. The van der Waals surface area contributed by atoms with Gasteiger partial charge in [0.1, 0.15) is 6.54 Å². The van der Waals surface area contributed by atoms with E-state index in [1.807, 2.05) is 0 Å². The molecular formula is C6H8N2O4. The Kier molecular flexibility index (Phi) is 2.09. The Morgan fingerprint density at radius 2 is 2.25 bits per heavy atom. The molecule has 1 fully saturated rings. The molecule has 1 atom stereocenters. The fourth-order valence-corrected chi connectivity index (χ4v) is 1.01. The normalized spacial score (nSPS) is 23.4. The van der Waals surface area contributed by atoms with Crippen molar-refractivity contribution >= 4 is 17.8 Å². The highest BCUT2D eigenvalue weighted by atomic mass is 16.4. The third-order valence-electron chi connectivity index (χ3n) is 1.57. The highest BCUT2D eigenvalue weighted by molar-refractivity contribution is 6.07. The van der Waals surface area contributed by atoms with Crippen LogP contribution < -0.4 is 5.73 Å². The van der Waals surface area contributed by atoms with Gasteiger partial charge in [0.25, 0.3) is 0 Å². The first-order valence-electron chi connectivity index (χ1n) is 3.34. The van der Waals surface area contributed by atoms with Gasteiger partial charge in [-0.25, -0.2) is 0 Å². The maximum Gasteiger partial charge on any atom is 0.323 e. The molecule has 0 bridgehead atoms. The van der Waals surface area contributed by atoms with Gasteiger partial charge in [-0.2, -0.15) is 0 Å². The first-order valence-corrected chi connectivity index (χ1v) is 3.34. The van der Waals surface area contributed by atoms with Crippen LogP contribution in [0, 0.1) is 0 Å². The Balaban J connectivity index is 2.70. The van der Waals surface area contributed by atoms with Crippen molar-refractivity contribution in [2.75, 3.05) is 6.54 Å². The predicted molar refractivity (Wildman–Crippen MR) is 36.9 cm³/mol. The van der Waals surface area contributed by atoms with Crippen molar-refractivity contribution in [2.45, 2.75) is 12.5 Å². The van der Waals surface area contributed by atoms with Crippen molar-refractivity contribution in [3.63, 3.8) is 0 Å². The third kappa shape index (κ3) is 1.42. The maximum absolute atomic E-state index is 11.0. The van der Waals surface area contributed by atoms with E-state index in [0.29, 0.717) is 4.90 Å². The van der Waals surface area contributed by atoms with Gasteiger partial charge >= 0.3 is 5.97 Å². The summed E-state index contributed by atoms with van der Waals surface area (Å²) in [6.07, 6.45) is -0.0912. The Labute approximate surface area is 67.9 Å². The Morgan fingerprint density at radius 3 is 2.58 bits per heavy atom. The van der Waals surface area contributed by atoms with Gasteiger partial charge in [-0.15, -0.1) is 0 Å². The topological polar surface area (TPSA) is 101 Å². The molecule has 3 N–H and O–H groups in total. The van der Waals surface area contributed by atoms with Gasteiger partial charge in [-0.1, -0.05) is 0 Å². The van der Waals surface area contributed by atoms with E-state index >= 15 is 0 Å². The van der Waals surface area contributed by atoms with Crippen molar-refractivity contribution in [3.8, 4) is 0 Å². The molecule has 66 valence electrons. The number of likely N-dealkylation sites (tertiary alicyclic amines) is 1. The SMILES string of the molecule is N[C@H]1CC(=O)N(CC(=O)O)C1=O. The summed E-state index contributed by atoms with van der Waals surface area (Å²) in [6.45, 7) is -0.592. The quantitative estimate of drug-likeness (QED) is 0.476. The summed E-state index contributed by atoms with van der Waals surface area (Å²) in [6, 6.07) is -0.864. The van der Waals surface area contributed by atoms with Crippen molar-refractivity contribution < 1.29 is 19.5 Å². The summed E-state index contributed by atoms with van der Waals surface area (Å²) in [4.78, 5) is 32.7. The second-order valence-electron chi connectivity index (χ2n) is 2.52. The predicted octanol–water partition coefficient (Wildman–Crippen LogP) is -1.84. The van der Waals surface area contributed by atoms with E-state index in [-0.39, 0.29) is 6.42 Å². The number of nitrogens with zero attached hydrogens (tertiary/aromatic N) is 1. The lowest BCUT2D eigenvalue weighted by Gasteiger charge is -2.09. The van der Waals surface area contributed by atoms with Crippen LogP contribution in [0.3, 0.4) is 0 Å². The molecule has 0 aromatic rings. The minimum atomic E-state index is -1.22. The van der Waals surface area contributed by atoms with Gasteiger partial charge < -0.3 is 10.8 Å². The number of imide groups is 1. The van der Waals surface area contributed by atoms with Crippen LogP contribution in [0.25, 0.3) is 0 Å². The first kappa shape index (κ1) is 8.66. The van der Waals surface area contributed by atoms with Crippen LogP contribution in [0.5, 0.6) is 0 Å². The monoisotopic (exact) mass is 172 g/mol. The van der Waals surface area contributed by atoms with Gasteiger partial charge in [0.15, 0.2) is 0 Å². The largest absolute Gasteiger partial charge is 0.480 e. The number of carboxylic acid groups (broad SMARTS) is 1. The fraction of sp³-hybridized carbons (Fsp3) is 0.500. The van der Waals surface area contributed by atoms with Crippen LogP contribution in [0.4, 0.5) is 0 Å². The van der Waals surface area contributed by atoms with Crippen LogP contribution in [0.2, 0.25) is 0 Å². The highest BCUT2D eigenvalue weighted by Crippen LogP contribution is 2.09. The molecule has 1 aliphatic rings. The molecule has 0 unspecified atom stereocenters. The molecule has 1 saturated heterocycles. The minimum absolute atomic E-state index is 0.0912. The van der Waals surface area contributed by atoms with Crippen molar-refractivity contribution in [2.24, 2.45) is 5.73 Å². The van der Waals surface area contributed by atoms with Crippen LogP contribution in [-0.4, -0.2) is 40.4 Å². The van der Waals surface area contributed by atoms with Crippen LogP contribution in [-0.2, 0) is 14.4 Å². The molecule has 0 aliphatic carbocycles. The Bertz CT molecular complexity index is 250. The summed E-state index contributed by atoms with van der Waals surface area (Å²) in [5, 5.41) is 8.31. The average Bonchev–Trinajstić information content (AvgIpc) is 2.16. The minimum Gasteiger partial charge on any atom is -0.480 e. The molecule has 6 nitrogen and oxygen atoms in total. The molecule has 6 heteroatoms. The number of aliphatic carboxylic acids is 1. The molecule has 1 rings (SSSR count). The molecule has 0 radical (unpaired) electrons. The van der Waals surface area contributed by atoms with Gasteiger partial charge in [-0.3, -0.25) is 19.3 Å². The molecule has 1 aliphatic heterocycles. The van der Waals surface area contributed by atoms with E-state index in [0.717, 1.165) is 0 Å². The van der Waals surface area contributed by atoms with E-state index in [9.17, 15) is 14.4 Å². The lowest BCUT2D eigenvalue weighted by molar-refractivity contribution is -0.148. The van der Waals surface area contributed by atoms with E-state index in [1.54, 1.807) is 0 Å². The smallest absolute Gasteiger partial charge is 0.323 e. The molecule has 0 spiro atoms. The number of amides is 2. The summed E-state index contributed by atoms with van der Waals surface area (Å²) in [7, 11) is 0. The molecule has 0 aromatic carbocycles. The lowest BCUT2D eigenvalue weighted by Crippen LogP contribution is -2.38. The van der Waals surface area contributed by atoms with Gasteiger partial charge in [0, 0.05) is 0 Å². The first-order chi connectivity index (χ1) is 5.52. The van der Waals surface area contributed by atoms with Gasteiger partial charge in [0.05, 0.1) is 12.5 Å². The van der Waals surface area contributed by atoms with Crippen LogP contribution in [0.1, 0.15) is 6.42 Å². The zero-order valence-electron chi connectivity index (χ0n) is 6.19. The Hall–Kier alpha value is -1.43. The average molecular weight is 172 g/mol. The van der Waals surface area contributed by atoms with E-state index in [2.05, 4.69) is 0 Å². The maximum atomic E-state index is 11.0. The molecule has 1 heterocycles. The standard InChI is InChI=1S/C6H8N2O4/c7-3-1-4(9)8(6(3)12)2-5(10)11/h3H,1-2,7H2,(H,10,11)/t3-/m0/s1. The third-order valence-corrected chi connectivity index (χ3v) is 1.57. The molecular weight excluding hydrogens is 164 g/mol. The van der Waals surface area contributed by atoms with Gasteiger partial charge in [0.2, 0.25) is 11.8 Å². The van der Waals surface area contributed by atoms with Crippen LogP contribution >= 0.6 is 0 Å². The second-order valence-corrected chi connectivity index (χ2v) is 2.52. The van der Waals surface area contributed by atoms with Crippen molar-refractivity contribution in [1.29, 1.82) is 0 Å². The highest BCUT2D eigenvalue weighted by Gasteiger charge is 2.36. The number of carboxylic acids is 1.